The molecule has 1 heterocycles. The topological polar surface area (TPSA) is 53.7 Å². The molecule has 0 bridgehead atoms. The zero-order chi connectivity index (χ0) is 15.9. The highest BCUT2D eigenvalue weighted by Gasteiger charge is 2.08. The third kappa shape index (κ3) is 4.93. The van der Waals surface area contributed by atoms with Gasteiger partial charge in [-0.05, 0) is 30.2 Å². The number of hydrogen-bond donors (Lipinski definition) is 1. The molecule has 0 aliphatic carbocycles. The molecule has 0 fully saturated rings. The van der Waals surface area contributed by atoms with Gasteiger partial charge < -0.3 is 14.7 Å². The first-order chi connectivity index (χ1) is 10.6. The van der Waals surface area contributed by atoms with Gasteiger partial charge in [0.05, 0.1) is 6.54 Å². The van der Waals surface area contributed by atoms with E-state index in [9.17, 15) is 0 Å². The first-order valence-electron chi connectivity index (χ1n) is 6.84. The number of aromatic nitrogens is 1. The molecule has 2 rings (SSSR count). The molecule has 22 heavy (non-hydrogen) atoms. The van der Waals surface area contributed by atoms with Gasteiger partial charge in [0.15, 0.2) is 5.96 Å². The number of nitrogens with one attached hydrogen (secondary N) is 1. The fourth-order valence-electron chi connectivity index (χ4n) is 2.10. The van der Waals surface area contributed by atoms with Crippen molar-refractivity contribution in [3.63, 3.8) is 0 Å². The summed E-state index contributed by atoms with van der Waals surface area (Å²) >= 11 is 12.0. The second-order valence-electron chi connectivity index (χ2n) is 4.85. The van der Waals surface area contributed by atoms with Crippen LogP contribution in [0.3, 0.4) is 0 Å². The molecule has 1 N–H and O–H groups in total. The molecule has 0 unspecified atom stereocenters. The molecule has 0 aliphatic rings. The summed E-state index contributed by atoms with van der Waals surface area (Å²) in [5.41, 5.74) is 1.94. The van der Waals surface area contributed by atoms with E-state index < -0.39 is 0 Å². The second-order valence-corrected chi connectivity index (χ2v) is 5.72. The van der Waals surface area contributed by atoms with Gasteiger partial charge in [0.1, 0.15) is 12.0 Å². The van der Waals surface area contributed by atoms with Gasteiger partial charge >= 0.3 is 0 Å². The van der Waals surface area contributed by atoms with Crippen molar-refractivity contribution in [1.82, 2.24) is 15.4 Å². The van der Waals surface area contributed by atoms with Gasteiger partial charge in [-0.25, -0.2) is 0 Å². The summed E-state index contributed by atoms with van der Waals surface area (Å²) < 4.78 is 4.83. The van der Waals surface area contributed by atoms with E-state index in [1.54, 1.807) is 19.4 Å². The van der Waals surface area contributed by atoms with Crippen LogP contribution in [0, 0.1) is 0 Å². The maximum Gasteiger partial charge on any atom is 0.193 e. The quantitative estimate of drug-likeness (QED) is 0.670. The predicted octanol–water partition coefficient (Wildman–Crippen LogP) is 3.23. The SMILES string of the molecule is CN=C(NCCc1cc(Cl)cc(Cl)c1)N(C)Cc1ccon1. The lowest BCUT2D eigenvalue weighted by molar-refractivity contribution is 0.391. The zero-order valence-electron chi connectivity index (χ0n) is 12.5. The number of guanidine groups is 1. The molecule has 2 aromatic rings. The van der Waals surface area contributed by atoms with Gasteiger partial charge in [0.25, 0.3) is 0 Å². The van der Waals surface area contributed by atoms with E-state index in [1.807, 2.05) is 30.1 Å². The minimum absolute atomic E-state index is 0.624. The van der Waals surface area contributed by atoms with Crippen LogP contribution in [0.25, 0.3) is 0 Å². The van der Waals surface area contributed by atoms with Gasteiger partial charge in [-0.1, -0.05) is 28.4 Å². The van der Waals surface area contributed by atoms with Crippen LogP contribution in [0.5, 0.6) is 0 Å². The van der Waals surface area contributed by atoms with Crippen molar-refractivity contribution < 1.29 is 4.52 Å². The number of aliphatic imine (C=N–C) groups is 1. The van der Waals surface area contributed by atoms with Crippen molar-refractivity contribution in [3.05, 3.63) is 51.8 Å². The number of hydrogen-bond acceptors (Lipinski definition) is 3. The van der Waals surface area contributed by atoms with Crippen LogP contribution < -0.4 is 5.32 Å². The summed E-state index contributed by atoms with van der Waals surface area (Å²) in [6, 6.07) is 7.39. The molecule has 118 valence electrons. The molecule has 5 nitrogen and oxygen atoms in total. The van der Waals surface area contributed by atoms with Gasteiger partial charge in [-0.2, -0.15) is 0 Å². The molecule has 7 heteroatoms. The molecule has 0 aliphatic heterocycles. The lowest BCUT2D eigenvalue weighted by atomic mass is 10.1. The monoisotopic (exact) mass is 340 g/mol. The minimum atomic E-state index is 0.624. The molecule has 0 radical (unpaired) electrons. The van der Waals surface area contributed by atoms with Gasteiger partial charge in [0.2, 0.25) is 0 Å². The van der Waals surface area contributed by atoms with Crippen LogP contribution in [0.1, 0.15) is 11.3 Å². The average Bonchev–Trinajstić information content (AvgIpc) is 2.95. The fraction of sp³-hybridized carbons (Fsp3) is 0.333. The average molecular weight is 341 g/mol. The van der Waals surface area contributed by atoms with Gasteiger partial charge in [-0.3, -0.25) is 4.99 Å². The largest absolute Gasteiger partial charge is 0.364 e. The van der Waals surface area contributed by atoms with Crippen molar-refractivity contribution in [1.29, 1.82) is 0 Å². The molecule has 0 spiro atoms. The molecular formula is C15H18Cl2N4O. The van der Waals surface area contributed by atoms with Gasteiger partial charge in [-0.15, -0.1) is 0 Å². The van der Waals surface area contributed by atoms with E-state index in [0.717, 1.165) is 30.2 Å². The summed E-state index contributed by atoms with van der Waals surface area (Å²) in [5, 5.41) is 8.49. The Kier molecular flexibility index (Phi) is 6.10. The van der Waals surface area contributed by atoms with Crippen LogP contribution in [-0.2, 0) is 13.0 Å². The first-order valence-corrected chi connectivity index (χ1v) is 7.60. The minimum Gasteiger partial charge on any atom is -0.364 e. The highest BCUT2D eigenvalue weighted by Crippen LogP contribution is 2.19. The summed E-state index contributed by atoms with van der Waals surface area (Å²) in [5.74, 6) is 0.788. The number of benzene rings is 1. The highest BCUT2D eigenvalue weighted by molar-refractivity contribution is 6.34. The van der Waals surface area contributed by atoms with Crippen LogP contribution >= 0.6 is 23.2 Å². The standard InChI is InChI=1S/C15H18Cl2N4O/c1-18-15(21(2)10-14-4-6-22-20-14)19-5-3-11-7-12(16)9-13(17)8-11/h4,6-9H,3,5,10H2,1-2H3,(H,18,19). The van der Waals surface area contributed by atoms with Crippen LogP contribution in [-0.4, -0.2) is 36.7 Å². The normalized spacial score (nSPS) is 11.5. The third-order valence-electron chi connectivity index (χ3n) is 3.08. The Balaban J connectivity index is 1.85. The van der Waals surface area contributed by atoms with E-state index >= 15 is 0 Å². The smallest absolute Gasteiger partial charge is 0.193 e. The Labute approximate surface area is 139 Å². The van der Waals surface area contributed by atoms with Crippen molar-refractivity contribution in [2.75, 3.05) is 20.6 Å². The van der Waals surface area contributed by atoms with Crippen LogP contribution in [0.4, 0.5) is 0 Å². The second kappa shape index (κ2) is 8.06. The predicted molar refractivity (Wildman–Crippen MR) is 89.5 cm³/mol. The lowest BCUT2D eigenvalue weighted by Crippen LogP contribution is -2.39. The summed E-state index contributed by atoms with van der Waals surface area (Å²) in [6.07, 6.45) is 2.36. The van der Waals surface area contributed by atoms with E-state index in [1.165, 1.54) is 0 Å². The molecule has 0 atom stereocenters. The number of halogens is 2. The molecule has 0 amide bonds. The fourth-order valence-corrected chi connectivity index (χ4v) is 2.67. The molecule has 0 saturated heterocycles. The Morgan fingerprint density at radius 1 is 1.32 bits per heavy atom. The number of nitrogens with zero attached hydrogens (tertiary/aromatic N) is 3. The van der Waals surface area contributed by atoms with E-state index in [0.29, 0.717) is 16.6 Å². The summed E-state index contributed by atoms with van der Waals surface area (Å²) in [6.45, 7) is 1.35. The zero-order valence-corrected chi connectivity index (χ0v) is 14.0. The first kappa shape index (κ1) is 16.6. The van der Waals surface area contributed by atoms with E-state index in [-0.39, 0.29) is 0 Å². The van der Waals surface area contributed by atoms with Gasteiger partial charge in [0, 0.05) is 36.8 Å². The summed E-state index contributed by atoms with van der Waals surface area (Å²) in [4.78, 5) is 6.23. The number of rotatable bonds is 5. The maximum atomic E-state index is 6.00. The Bertz CT molecular complexity index is 608. The van der Waals surface area contributed by atoms with E-state index in [2.05, 4.69) is 15.5 Å². The molecular weight excluding hydrogens is 323 g/mol. The molecule has 0 saturated carbocycles. The Hall–Kier alpha value is -1.72. The van der Waals surface area contributed by atoms with Crippen LogP contribution in [0.2, 0.25) is 10.0 Å². The Morgan fingerprint density at radius 2 is 2.05 bits per heavy atom. The van der Waals surface area contributed by atoms with Crippen molar-refractivity contribution in [2.24, 2.45) is 4.99 Å². The lowest BCUT2D eigenvalue weighted by Gasteiger charge is -2.21. The van der Waals surface area contributed by atoms with Crippen molar-refractivity contribution >= 4 is 29.2 Å². The molecule has 1 aromatic heterocycles. The van der Waals surface area contributed by atoms with E-state index in [4.69, 9.17) is 27.7 Å². The van der Waals surface area contributed by atoms with Crippen molar-refractivity contribution in [3.8, 4) is 0 Å². The third-order valence-corrected chi connectivity index (χ3v) is 3.52. The Morgan fingerprint density at radius 3 is 2.64 bits per heavy atom. The summed E-state index contributed by atoms with van der Waals surface area (Å²) in [7, 11) is 3.69. The maximum absolute atomic E-state index is 6.00. The highest BCUT2D eigenvalue weighted by atomic mass is 35.5. The van der Waals surface area contributed by atoms with Crippen LogP contribution in [0.15, 0.2) is 40.0 Å². The molecule has 1 aromatic carbocycles. The van der Waals surface area contributed by atoms with Crippen molar-refractivity contribution in [2.45, 2.75) is 13.0 Å².